The standard InChI is InChI=1S/C25H28FN5O4/c1-32-21-14-20-17(13-22(21)34-10-2-7-31-8-11-33-12-9-31)15-27-23-24(28-16-29-25(23)35-20)30-19-5-3-18(26)4-6-19/h3-6,13-14,16,27H,2,7-12,15H2,1H3,(H,28,29,30). The van der Waals surface area contributed by atoms with Gasteiger partial charge in [-0.15, -0.1) is 0 Å². The number of methoxy groups -OCH3 is 1. The number of fused-ring (bicyclic) bond motifs is 2. The summed E-state index contributed by atoms with van der Waals surface area (Å²) in [5, 5.41) is 6.54. The van der Waals surface area contributed by atoms with Crippen molar-refractivity contribution < 1.29 is 23.3 Å². The van der Waals surface area contributed by atoms with E-state index in [1.54, 1.807) is 19.2 Å². The zero-order valence-electron chi connectivity index (χ0n) is 19.6. The molecule has 0 saturated carbocycles. The molecule has 1 aromatic heterocycles. The van der Waals surface area contributed by atoms with Crippen LogP contribution in [0.15, 0.2) is 42.7 Å². The topological polar surface area (TPSA) is 90.0 Å². The number of hydrogen-bond donors (Lipinski definition) is 2. The van der Waals surface area contributed by atoms with Crippen LogP contribution in [0.4, 0.5) is 21.6 Å². The molecule has 2 aromatic carbocycles. The van der Waals surface area contributed by atoms with Crippen molar-refractivity contribution in [2.45, 2.75) is 13.0 Å². The number of anilines is 3. The van der Waals surface area contributed by atoms with E-state index in [1.807, 2.05) is 12.1 Å². The van der Waals surface area contributed by atoms with Crippen molar-refractivity contribution in [3.05, 3.63) is 54.1 Å². The lowest BCUT2D eigenvalue weighted by atomic mass is 10.1. The van der Waals surface area contributed by atoms with Crippen LogP contribution >= 0.6 is 0 Å². The predicted octanol–water partition coefficient (Wildman–Crippen LogP) is 4.19. The van der Waals surface area contributed by atoms with Crippen LogP contribution in [0.3, 0.4) is 0 Å². The molecule has 1 saturated heterocycles. The van der Waals surface area contributed by atoms with E-state index in [0.29, 0.717) is 53.5 Å². The second-order valence-electron chi connectivity index (χ2n) is 8.26. The third-order valence-corrected chi connectivity index (χ3v) is 5.91. The SMILES string of the molecule is COc1cc2c(cc1OCCCN1CCOCC1)CNc1c(Nc3ccc(F)cc3)ncnc1O2. The molecular formula is C25H28FN5O4. The molecule has 3 heterocycles. The number of halogens is 1. The molecule has 0 amide bonds. The Hall–Kier alpha value is -3.63. The minimum atomic E-state index is -0.304. The van der Waals surface area contributed by atoms with Gasteiger partial charge in [0.05, 0.1) is 26.9 Å². The number of nitrogens with zero attached hydrogens (tertiary/aromatic N) is 3. The lowest BCUT2D eigenvalue weighted by Crippen LogP contribution is -2.37. The highest BCUT2D eigenvalue weighted by atomic mass is 19.1. The van der Waals surface area contributed by atoms with E-state index in [1.165, 1.54) is 18.5 Å². The van der Waals surface area contributed by atoms with Crippen molar-refractivity contribution in [3.8, 4) is 23.1 Å². The van der Waals surface area contributed by atoms with Crippen molar-refractivity contribution >= 4 is 17.2 Å². The molecule has 5 rings (SSSR count). The molecule has 0 spiro atoms. The van der Waals surface area contributed by atoms with Crippen LogP contribution in [-0.4, -0.2) is 61.4 Å². The Bertz CT molecular complexity index is 1160. The maximum absolute atomic E-state index is 13.3. The molecule has 0 aliphatic carbocycles. The fourth-order valence-electron chi connectivity index (χ4n) is 4.04. The average molecular weight is 482 g/mol. The van der Waals surface area contributed by atoms with Gasteiger partial charge in [0, 0.05) is 43.5 Å². The second-order valence-corrected chi connectivity index (χ2v) is 8.26. The van der Waals surface area contributed by atoms with E-state index in [2.05, 4.69) is 25.5 Å². The van der Waals surface area contributed by atoms with Gasteiger partial charge in [0.15, 0.2) is 17.3 Å². The molecule has 10 heteroatoms. The van der Waals surface area contributed by atoms with Gasteiger partial charge in [-0.3, -0.25) is 4.90 Å². The van der Waals surface area contributed by atoms with Gasteiger partial charge < -0.3 is 29.6 Å². The first-order chi connectivity index (χ1) is 17.2. The highest BCUT2D eigenvalue weighted by Gasteiger charge is 2.22. The van der Waals surface area contributed by atoms with E-state index in [0.717, 1.165) is 44.8 Å². The summed E-state index contributed by atoms with van der Waals surface area (Å²) >= 11 is 0. The molecule has 3 aromatic rings. The Morgan fingerprint density at radius 1 is 1.11 bits per heavy atom. The quantitative estimate of drug-likeness (QED) is 0.460. The van der Waals surface area contributed by atoms with E-state index >= 15 is 0 Å². The molecule has 0 atom stereocenters. The average Bonchev–Trinajstić information content (AvgIpc) is 3.07. The summed E-state index contributed by atoms with van der Waals surface area (Å²) in [7, 11) is 1.61. The van der Waals surface area contributed by atoms with Crippen LogP contribution in [0.2, 0.25) is 0 Å². The Morgan fingerprint density at radius 2 is 1.94 bits per heavy atom. The van der Waals surface area contributed by atoms with Crippen LogP contribution in [0.1, 0.15) is 12.0 Å². The van der Waals surface area contributed by atoms with Gasteiger partial charge in [0.1, 0.15) is 23.6 Å². The number of hydrogen-bond acceptors (Lipinski definition) is 9. The van der Waals surface area contributed by atoms with Gasteiger partial charge in [0.25, 0.3) is 0 Å². The van der Waals surface area contributed by atoms with Gasteiger partial charge in [-0.25, -0.2) is 9.37 Å². The second kappa shape index (κ2) is 10.7. The van der Waals surface area contributed by atoms with E-state index < -0.39 is 0 Å². The Kier molecular flexibility index (Phi) is 7.10. The van der Waals surface area contributed by atoms with Crippen LogP contribution in [0, 0.1) is 5.82 Å². The van der Waals surface area contributed by atoms with E-state index in [9.17, 15) is 4.39 Å². The zero-order chi connectivity index (χ0) is 24.0. The minimum absolute atomic E-state index is 0.304. The Balaban J connectivity index is 1.29. The molecule has 0 bridgehead atoms. The molecule has 184 valence electrons. The smallest absolute Gasteiger partial charge is 0.248 e. The van der Waals surface area contributed by atoms with Crippen LogP contribution in [-0.2, 0) is 11.3 Å². The molecule has 2 aliphatic heterocycles. The summed E-state index contributed by atoms with van der Waals surface area (Å²) in [5.74, 6) is 2.49. The van der Waals surface area contributed by atoms with E-state index in [-0.39, 0.29) is 5.82 Å². The maximum atomic E-state index is 13.3. The van der Waals surface area contributed by atoms with Crippen molar-refractivity contribution in [2.75, 3.05) is 57.2 Å². The van der Waals surface area contributed by atoms with Crippen LogP contribution < -0.4 is 24.8 Å². The number of aromatic nitrogens is 2. The summed E-state index contributed by atoms with van der Waals surface area (Å²) < 4.78 is 36.5. The molecule has 9 nitrogen and oxygen atoms in total. The lowest BCUT2D eigenvalue weighted by Gasteiger charge is -2.26. The van der Waals surface area contributed by atoms with Gasteiger partial charge in [-0.1, -0.05) is 0 Å². The highest BCUT2D eigenvalue weighted by molar-refractivity contribution is 5.76. The summed E-state index contributed by atoms with van der Waals surface area (Å²) in [5.41, 5.74) is 2.21. The molecule has 2 aliphatic rings. The van der Waals surface area contributed by atoms with Crippen LogP contribution in [0.25, 0.3) is 0 Å². The Labute approximate surface area is 203 Å². The minimum Gasteiger partial charge on any atom is -0.493 e. The molecule has 1 fully saturated rings. The van der Waals surface area contributed by atoms with Gasteiger partial charge >= 0.3 is 0 Å². The first-order valence-electron chi connectivity index (χ1n) is 11.6. The predicted molar refractivity (Wildman–Crippen MR) is 129 cm³/mol. The van der Waals surface area contributed by atoms with Crippen molar-refractivity contribution in [1.82, 2.24) is 14.9 Å². The van der Waals surface area contributed by atoms with Gasteiger partial charge in [-0.2, -0.15) is 4.98 Å². The molecule has 2 N–H and O–H groups in total. The highest BCUT2D eigenvalue weighted by Crippen LogP contribution is 2.42. The third kappa shape index (κ3) is 5.55. The molecule has 0 radical (unpaired) electrons. The number of ether oxygens (including phenoxy) is 4. The number of benzene rings is 2. The normalized spacial score (nSPS) is 15.1. The lowest BCUT2D eigenvalue weighted by molar-refractivity contribution is 0.0357. The number of rotatable bonds is 8. The van der Waals surface area contributed by atoms with E-state index in [4.69, 9.17) is 18.9 Å². The Morgan fingerprint density at radius 3 is 2.74 bits per heavy atom. The largest absolute Gasteiger partial charge is 0.493 e. The summed E-state index contributed by atoms with van der Waals surface area (Å²) in [6.45, 7) is 5.54. The maximum Gasteiger partial charge on any atom is 0.248 e. The number of nitrogens with one attached hydrogen (secondary N) is 2. The van der Waals surface area contributed by atoms with Gasteiger partial charge in [-0.05, 0) is 36.8 Å². The molecule has 0 unspecified atom stereocenters. The van der Waals surface area contributed by atoms with Gasteiger partial charge in [0.2, 0.25) is 5.88 Å². The number of morpholine rings is 1. The van der Waals surface area contributed by atoms with Crippen molar-refractivity contribution in [3.63, 3.8) is 0 Å². The summed E-state index contributed by atoms with van der Waals surface area (Å²) in [4.78, 5) is 11.0. The zero-order valence-corrected chi connectivity index (χ0v) is 19.6. The first-order valence-corrected chi connectivity index (χ1v) is 11.6. The summed E-state index contributed by atoms with van der Waals surface area (Å²) in [6, 6.07) is 9.81. The van der Waals surface area contributed by atoms with Crippen LogP contribution in [0.5, 0.6) is 23.1 Å². The third-order valence-electron chi connectivity index (χ3n) is 5.91. The van der Waals surface area contributed by atoms with Crippen molar-refractivity contribution in [2.24, 2.45) is 0 Å². The van der Waals surface area contributed by atoms with Crippen molar-refractivity contribution in [1.29, 1.82) is 0 Å². The first kappa shape index (κ1) is 23.1. The molecular weight excluding hydrogens is 453 g/mol. The summed E-state index contributed by atoms with van der Waals surface area (Å²) in [6.07, 6.45) is 2.33. The monoisotopic (exact) mass is 481 g/mol. The molecule has 35 heavy (non-hydrogen) atoms. The fraction of sp³-hybridized carbons (Fsp3) is 0.360. The fourth-order valence-corrected chi connectivity index (χ4v) is 4.04.